The molecular formula is C20H23F3N4O5. The van der Waals surface area contributed by atoms with Crippen molar-refractivity contribution in [2.24, 2.45) is 11.3 Å². The van der Waals surface area contributed by atoms with E-state index in [2.05, 4.69) is 19.8 Å². The number of carboxylic acids is 2. The number of hydrogen-bond donors (Lipinski definition) is 2. The Morgan fingerprint density at radius 3 is 2.44 bits per heavy atom. The number of nitrogens with zero attached hydrogens (tertiary/aromatic N) is 4. The second kappa shape index (κ2) is 9.55. The van der Waals surface area contributed by atoms with Crippen LogP contribution in [0.2, 0.25) is 0 Å². The van der Waals surface area contributed by atoms with E-state index in [0.29, 0.717) is 32.0 Å². The minimum Gasteiger partial charge on any atom is -0.481 e. The van der Waals surface area contributed by atoms with E-state index in [1.807, 2.05) is 12.1 Å². The summed E-state index contributed by atoms with van der Waals surface area (Å²) in [4.78, 5) is 34.1. The number of alkyl halides is 3. The SMILES string of the molecule is O=C(O)C(F)(F)F.O=C(O)[C@]12CCCN(c3ncccn3)C[C@H]1CN(Cc1ccco1)C2. The molecule has 174 valence electrons. The summed E-state index contributed by atoms with van der Waals surface area (Å²) in [5.74, 6) is -1.83. The number of furan rings is 1. The summed E-state index contributed by atoms with van der Waals surface area (Å²) in [5, 5.41) is 17.1. The number of carboxylic acid groups (broad SMARTS) is 2. The lowest BCUT2D eigenvalue weighted by Crippen LogP contribution is -2.41. The largest absolute Gasteiger partial charge is 0.490 e. The molecule has 0 aromatic carbocycles. The lowest BCUT2D eigenvalue weighted by molar-refractivity contribution is -0.192. The number of carbonyl (C=O) groups is 2. The van der Waals surface area contributed by atoms with Crippen LogP contribution in [0, 0.1) is 11.3 Å². The van der Waals surface area contributed by atoms with Gasteiger partial charge in [-0.05, 0) is 31.0 Å². The Labute approximate surface area is 181 Å². The molecule has 2 aromatic heterocycles. The molecule has 2 saturated heterocycles. The Morgan fingerprint density at radius 1 is 1.19 bits per heavy atom. The van der Waals surface area contributed by atoms with Crippen LogP contribution in [-0.4, -0.2) is 69.4 Å². The van der Waals surface area contributed by atoms with Crippen LogP contribution < -0.4 is 4.90 Å². The van der Waals surface area contributed by atoms with Crippen LogP contribution in [0.25, 0.3) is 0 Å². The van der Waals surface area contributed by atoms with Crippen molar-refractivity contribution in [2.45, 2.75) is 25.6 Å². The van der Waals surface area contributed by atoms with E-state index < -0.39 is 23.5 Å². The number of likely N-dealkylation sites (tertiary alicyclic amines) is 1. The molecule has 4 heterocycles. The van der Waals surface area contributed by atoms with Crippen LogP contribution in [0.15, 0.2) is 41.3 Å². The number of aromatic nitrogens is 2. The van der Waals surface area contributed by atoms with Gasteiger partial charge in [-0.25, -0.2) is 14.8 Å². The Bertz CT molecular complexity index is 910. The zero-order chi connectivity index (χ0) is 23.4. The minimum atomic E-state index is -5.08. The van der Waals surface area contributed by atoms with Gasteiger partial charge in [-0.15, -0.1) is 0 Å². The van der Waals surface area contributed by atoms with Gasteiger partial charge in [-0.3, -0.25) is 9.69 Å². The first-order chi connectivity index (χ1) is 15.1. The van der Waals surface area contributed by atoms with Gasteiger partial charge < -0.3 is 19.5 Å². The highest BCUT2D eigenvalue weighted by Crippen LogP contribution is 2.43. The average molecular weight is 456 g/mol. The molecule has 0 aliphatic carbocycles. The monoisotopic (exact) mass is 456 g/mol. The van der Waals surface area contributed by atoms with Crippen molar-refractivity contribution >= 4 is 17.9 Å². The van der Waals surface area contributed by atoms with Gasteiger partial charge in [-0.1, -0.05) is 0 Å². The van der Waals surface area contributed by atoms with Crippen molar-refractivity contribution in [3.63, 3.8) is 0 Å². The van der Waals surface area contributed by atoms with Crippen LogP contribution in [0.4, 0.5) is 19.1 Å². The van der Waals surface area contributed by atoms with E-state index >= 15 is 0 Å². The summed E-state index contributed by atoms with van der Waals surface area (Å²) >= 11 is 0. The molecule has 12 heteroatoms. The zero-order valence-corrected chi connectivity index (χ0v) is 17.0. The number of hydrogen-bond acceptors (Lipinski definition) is 7. The third-order valence-corrected chi connectivity index (χ3v) is 5.72. The summed E-state index contributed by atoms with van der Waals surface area (Å²) in [5.41, 5.74) is -0.698. The maximum Gasteiger partial charge on any atom is 0.490 e. The molecular weight excluding hydrogens is 433 g/mol. The third-order valence-electron chi connectivity index (χ3n) is 5.72. The van der Waals surface area contributed by atoms with Crippen LogP contribution in [0.5, 0.6) is 0 Å². The zero-order valence-electron chi connectivity index (χ0n) is 17.0. The molecule has 2 atom stereocenters. The fourth-order valence-corrected chi connectivity index (χ4v) is 4.27. The summed E-state index contributed by atoms with van der Waals surface area (Å²) in [6.07, 6.45) is 1.55. The summed E-state index contributed by atoms with van der Waals surface area (Å²) in [6, 6.07) is 5.60. The second-order valence-corrected chi connectivity index (χ2v) is 7.81. The molecule has 2 N–H and O–H groups in total. The summed E-state index contributed by atoms with van der Waals surface area (Å²) < 4.78 is 37.2. The first kappa shape index (κ1) is 23.5. The molecule has 2 aliphatic heterocycles. The lowest BCUT2D eigenvalue weighted by atomic mass is 9.75. The smallest absolute Gasteiger partial charge is 0.481 e. The van der Waals surface area contributed by atoms with E-state index in [1.165, 1.54) is 0 Å². The van der Waals surface area contributed by atoms with E-state index in [4.69, 9.17) is 14.3 Å². The highest BCUT2D eigenvalue weighted by Gasteiger charge is 2.53. The quantitative estimate of drug-likeness (QED) is 0.715. The van der Waals surface area contributed by atoms with E-state index in [0.717, 1.165) is 25.3 Å². The van der Waals surface area contributed by atoms with Gasteiger partial charge in [0.05, 0.1) is 18.2 Å². The van der Waals surface area contributed by atoms with Crippen molar-refractivity contribution in [1.82, 2.24) is 14.9 Å². The first-order valence-electron chi connectivity index (χ1n) is 9.92. The number of fused-ring (bicyclic) bond motifs is 1. The van der Waals surface area contributed by atoms with E-state index in [1.54, 1.807) is 24.7 Å². The number of anilines is 1. The van der Waals surface area contributed by atoms with Gasteiger partial charge in [-0.2, -0.15) is 13.2 Å². The van der Waals surface area contributed by atoms with Crippen molar-refractivity contribution in [1.29, 1.82) is 0 Å². The van der Waals surface area contributed by atoms with Crippen molar-refractivity contribution in [2.75, 3.05) is 31.1 Å². The number of rotatable bonds is 4. The fourth-order valence-electron chi connectivity index (χ4n) is 4.27. The Morgan fingerprint density at radius 2 is 1.88 bits per heavy atom. The second-order valence-electron chi connectivity index (χ2n) is 7.81. The summed E-state index contributed by atoms with van der Waals surface area (Å²) in [7, 11) is 0. The molecule has 0 amide bonds. The van der Waals surface area contributed by atoms with Gasteiger partial charge in [0.25, 0.3) is 0 Å². The number of aliphatic carboxylic acids is 2. The van der Waals surface area contributed by atoms with Crippen LogP contribution in [0.3, 0.4) is 0 Å². The first-order valence-corrected chi connectivity index (χ1v) is 9.92. The van der Waals surface area contributed by atoms with Gasteiger partial charge >= 0.3 is 18.1 Å². The Hall–Kier alpha value is -3.15. The highest BCUT2D eigenvalue weighted by molar-refractivity contribution is 5.76. The fraction of sp³-hybridized carbons (Fsp3) is 0.500. The topological polar surface area (TPSA) is 120 Å². The predicted octanol–water partition coefficient (Wildman–Crippen LogP) is 2.51. The molecule has 0 spiro atoms. The van der Waals surface area contributed by atoms with Gasteiger partial charge in [0.15, 0.2) is 0 Å². The minimum absolute atomic E-state index is 0.0475. The predicted molar refractivity (Wildman–Crippen MR) is 105 cm³/mol. The average Bonchev–Trinajstić information content (AvgIpc) is 3.32. The molecule has 0 radical (unpaired) electrons. The highest BCUT2D eigenvalue weighted by atomic mass is 19.4. The third kappa shape index (κ3) is 5.36. The van der Waals surface area contributed by atoms with Crippen LogP contribution in [-0.2, 0) is 16.1 Å². The summed E-state index contributed by atoms with van der Waals surface area (Å²) in [6.45, 7) is 3.44. The van der Waals surface area contributed by atoms with Gasteiger partial charge in [0.2, 0.25) is 5.95 Å². The maximum absolute atomic E-state index is 12.2. The molecule has 2 fully saturated rings. The van der Waals surface area contributed by atoms with Gasteiger partial charge in [0.1, 0.15) is 5.76 Å². The normalized spacial score (nSPS) is 23.6. The standard InChI is InChI=1S/C18H22N4O3.C2HF3O2/c23-16(24)18-5-2-8-22(17-19-6-3-7-20-17)11-14(18)10-21(13-18)12-15-4-1-9-25-15;3-2(4,5)1(6)7/h1,3-4,6-7,9,14H,2,5,8,10-13H2,(H,23,24);(H,6,7)/t14-,18+;/m1./s1. The maximum atomic E-state index is 12.2. The molecule has 9 nitrogen and oxygen atoms in total. The molecule has 2 aliphatic rings. The number of halogens is 3. The van der Waals surface area contributed by atoms with Crippen molar-refractivity contribution in [3.8, 4) is 0 Å². The Balaban J connectivity index is 0.000000360. The Kier molecular flexibility index (Phi) is 7.02. The molecule has 0 saturated carbocycles. The van der Waals surface area contributed by atoms with E-state index in [-0.39, 0.29) is 5.92 Å². The van der Waals surface area contributed by atoms with Crippen LogP contribution >= 0.6 is 0 Å². The molecule has 2 aromatic rings. The molecule has 32 heavy (non-hydrogen) atoms. The molecule has 0 bridgehead atoms. The molecule has 0 unspecified atom stereocenters. The van der Waals surface area contributed by atoms with E-state index in [9.17, 15) is 23.1 Å². The van der Waals surface area contributed by atoms with Crippen molar-refractivity contribution < 1.29 is 37.4 Å². The van der Waals surface area contributed by atoms with Crippen LogP contribution in [0.1, 0.15) is 18.6 Å². The van der Waals surface area contributed by atoms with Crippen molar-refractivity contribution in [3.05, 3.63) is 42.6 Å². The lowest BCUT2D eigenvalue weighted by Gasteiger charge is -2.29. The van der Waals surface area contributed by atoms with Gasteiger partial charge in [0, 0.05) is 44.5 Å². The molecule has 4 rings (SSSR count).